The highest BCUT2D eigenvalue weighted by molar-refractivity contribution is 8.18. The Bertz CT molecular complexity index is 1370. The monoisotopic (exact) mass is 508 g/mol. The number of hydrogen-bond donors (Lipinski definition) is 0. The van der Waals surface area contributed by atoms with Gasteiger partial charge < -0.3 is 9.64 Å². The van der Waals surface area contributed by atoms with E-state index in [4.69, 9.17) is 4.74 Å². The van der Waals surface area contributed by atoms with Gasteiger partial charge in [-0.1, -0.05) is 37.3 Å². The quantitative estimate of drug-likeness (QED) is 0.442. The molecule has 0 bridgehead atoms. The summed E-state index contributed by atoms with van der Waals surface area (Å²) in [6.07, 6.45) is 0.517. The van der Waals surface area contributed by atoms with Crippen LogP contribution >= 0.6 is 11.8 Å². The van der Waals surface area contributed by atoms with Gasteiger partial charge in [-0.3, -0.25) is 24.1 Å². The number of halogens is 1. The van der Waals surface area contributed by atoms with E-state index < -0.39 is 46.3 Å². The van der Waals surface area contributed by atoms with Gasteiger partial charge in [0.05, 0.1) is 22.8 Å². The highest BCUT2D eigenvalue weighted by Crippen LogP contribution is 2.57. The lowest BCUT2D eigenvalue weighted by Crippen LogP contribution is -2.54. The van der Waals surface area contributed by atoms with Crippen LogP contribution in [-0.4, -0.2) is 46.6 Å². The van der Waals surface area contributed by atoms with Crippen LogP contribution in [0.5, 0.6) is 0 Å². The van der Waals surface area contributed by atoms with Gasteiger partial charge in [-0.2, -0.15) is 0 Å². The second-order valence-corrected chi connectivity index (χ2v) is 10.9. The van der Waals surface area contributed by atoms with Gasteiger partial charge in [0, 0.05) is 16.5 Å². The zero-order valence-electron chi connectivity index (χ0n) is 20.4. The molecule has 0 spiro atoms. The molecule has 3 aliphatic rings. The first kappa shape index (κ1) is 24.2. The molecule has 9 heteroatoms. The van der Waals surface area contributed by atoms with Crippen LogP contribution in [-0.2, 0) is 24.5 Å². The zero-order chi connectivity index (χ0) is 26.0. The van der Waals surface area contributed by atoms with Crippen molar-refractivity contribution in [2.45, 2.75) is 45.1 Å². The topological polar surface area (TPSA) is 84.0 Å². The SMILES string of the molecule is CCOC(=O)CN1C(=O)SC(=C2C(=O)N3c4c2cc(F)cc4C(C)(c2ccccc2)CC3(C)C)C1=O. The number of nitrogens with zero attached hydrogens (tertiary/aromatic N) is 2. The Morgan fingerprint density at radius 1 is 1.08 bits per heavy atom. The predicted octanol–water partition coefficient (Wildman–Crippen LogP) is 4.63. The number of ether oxygens (including phenoxy) is 1. The number of carbonyl (C=O) groups is 4. The number of thioether (sulfide) groups is 1. The van der Waals surface area contributed by atoms with Crippen LogP contribution < -0.4 is 4.90 Å². The summed E-state index contributed by atoms with van der Waals surface area (Å²) >= 11 is 0.587. The molecule has 0 aliphatic carbocycles. The molecule has 0 radical (unpaired) electrons. The normalized spacial score (nSPS) is 24.4. The van der Waals surface area contributed by atoms with E-state index in [0.29, 0.717) is 29.4 Å². The van der Waals surface area contributed by atoms with Crippen molar-refractivity contribution in [3.05, 3.63) is 69.9 Å². The van der Waals surface area contributed by atoms with Gasteiger partial charge in [-0.05, 0) is 62.2 Å². The molecular weight excluding hydrogens is 483 g/mol. The lowest BCUT2D eigenvalue weighted by atomic mass is 9.65. The Morgan fingerprint density at radius 3 is 2.44 bits per heavy atom. The summed E-state index contributed by atoms with van der Waals surface area (Å²) in [6.45, 7) is 7.09. The maximum absolute atomic E-state index is 15.1. The predicted molar refractivity (Wildman–Crippen MR) is 134 cm³/mol. The van der Waals surface area contributed by atoms with E-state index in [-0.39, 0.29) is 22.6 Å². The van der Waals surface area contributed by atoms with Crippen LogP contribution in [0.15, 0.2) is 47.4 Å². The van der Waals surface area contributed by atoms with Crippen molar-refractivity contribution in [2.24, 2.45) is 0 Å². The molecule has 3 heterocycles. The van der Waals surface area contributed by atoms with Gasteiger partial charge in [0.15, 0.2) is 0 Å². The summed E-state index contributed by atoms with van der Waals surface area (Å²) in [5.41, 5.74) is 1.18. The van der Waals surface area contributed by atoms with Crippen LogP contribution in [0.1, 0.15) is 50.8 Å². The molecule has 2 aromatic carbocycles. The largest absolute Gasteiger partial charge is 0.465 e. The average Bonchev–Trinajstić information content (AvgIpc) is 3.26. The number of esters is 1. The van der Waals surface area contributed by atoms with E-state index in [1.54, 1.807) is 11.8 Å². The van der Waals surface area contributed by atoms with Crippen LogP contribution in [0.4, 0.5) is 14.9 Å². The van der Waals surface area contributed by atoms with Crippen LogP contribution in [0.25, 0.3) is 5.57 Å². The Hall–Kier alpha value is -3.46. The van der Waals surface area contributed by atoms with Gasteiger partial charge in [0.2, 0.25) is 0 Å². The van der Waals surface area contributed by atoms with Gasteiger partial charge in [-0.25, -0.2) is 4.39 Å². The van der Waals surface area contributed by atoms with E-state index in [1.807, 2.05) is 51.1 Å². The highest BCUT2D eigenvalue weighted by atomic mass is 32.2. The van der Waals surface area contributed by atoms with E-state index in [0.717, 1.165) is 10.5 Å². The van der Waals surface area contributed by atoms with Gasteiger partial charge in [-0.15, -0.1) is 0 Å². The molecule has 5 rings (SSSR count). The number of imide groups is 1. The number of carbonyl (C=O) groups excluding carboxylic acids is 4. The maximum Gasteiger partial charge on any atom is 0.326 e. The second-order valence-electron chi connectivity index (χ2n) is 9.95. The molecule has 1 atom stereocenters. The van der Waals surface area contributed by atoms with Crippen molar-refractivity contribution in [1.29, 1.82) is 0 Å². The summed E-state index contributed by atoms with van der Waals surface area (Å²) in [6, 6.07) is 12.4. The Labute approximate surface area is 212 Å². The first-order valence-electron chi connectivity index (χ1n) is 11.7. The van der Waals surface area contributed by atoms with E-state index >= 15 is 4.39 Å². The van der Waals surface area contributed by atoms with Crippen molar-refractivity contribution >= 4 is 46.0 Å². The third-order valence-corrected chi connectivity index (χ3v) is 8.03. The van der Waals surface area contributed by atoms with Crippen molar-refractivity contribution < 1.29 is 28.3 Å². The minimum absolute atomic E-state index is 0.00848. The third-order valence-electron chi connectivity index (χ3n) is 7.05. The Morgan fingerprint density at radius 2 is 1.78 bits per heavy atom. The van der Waals surface area contributed by atoms with Crippen molar-refractivity contribution in [2.75, 3.05) is 18.1 Å². The van der Waals surface area contributed by atoms with Crippen LogP contribution in [0.2, 0.25) is 0 Å². The zero-order valence-corrected chi connectivity index (χ0v) is 21.2. The van der Waals surface area contributed by atoms with Crippen molar-refractivity contribution in [3.8, 4) is 0 Å². The molecule has 1 unspecified atom stereocenters. The minimum atomic E-state index is -0.761. The van der Waals surface area contributed by atoms with Gasteiger partial charge >= 0.3 is 5.97 Å². The number of benzene rings is 2. The van der Waals surface area contributed by atoms with Gasteiger partial charge in [0.1, 0.15) is 12.4 Å². The van der Waals surface area contributed by atoms with Crippen molar-refractivity contribution in [3.63, 3.8) is 0 Å². The molecule has 0 N–H and O–H groups in total. The highest BCUT2D eigenvalue weighted by Gasteiger charge is 2.54. The molecule has 7 nitrogen and oxygen atoms in total. The number of rotatable bonds is 4. The molecule has 36 heavy (non-hydrogen) atoms. The Kier molecular flexibility index (Phi) is 5.59. The lowest BCUT2D eigenvalue weighted by molar-refractivity contribution is -0.145. The summed E-state index contributed by atoms with van der Waals surface area (Å²) in [7, 11) is 0. The minimum Gasteiger partial charge on any atom is -0.465 e. The maximum atomic E-state index is 15.1. The molecule has 0 saturated carbocycles. The second kappa shape index (κ2) is 8.30. The third kappa shape index (κ3) is 3.48. The molecule has 1 saturated heterocycles. The molecule has 3 aliphatic heterocycles. The average molecular weight is 509 g/mol. The van der Waals surface area contributed by atoms with E-state index in [2.05, 4.69) is 0 Å². The first-order chi connectivity index (χ1) is 17.0. The molecule has 2 aromatic rings. The first-order valence-corrected chi connectivity index (χ1v) is 12.5. The summed E-state index contributed by atoms with van der Waals surface area (Å²) in [5.74, 6) is -2.48. The summed E-state index contributed by atoms with van der Waals surface area (Å²) in [4.78, 5) is 54.0. The standard InChI is InChI=1S/C27H25FN2O5S/c1-5-35-19(31)13-29-24(33)22(36-25(29)34)20-17-11-16(28)12-18-21(17)30(23(20)32)26(2,3)14-27(18,4)15-9-7-6-8-10-15/h6-12H,5,13-14H2,1-4H3. The fourth-order valence-electron chi connectivity index (χ4n) is 5.70. The van der Waals surface area contributed by atoms with Crippen molar-refractivity contribution in [1.82, 2.24) is 4.90 Å². The van der Waals surface area contributed by atoms with E-state index in [1.165, 1.54) is 12.1 Å². The summed E-state index contributed by atoms with van der Waals surface area (Å²) < 4.78 is 20.0. The van der Waals surface area contributed by atoms with Crippen LogP contribution in [0, 0.1) is 5.82 Å². The fourth-order valence-corrected chi connectivity index (χ4v) is 6.63. The van der Waals surface area contributed by atoms with Gasteiger partial charge in [0.25, 0.3) is 17.1 Å². The molecular formula is C27H25FN2O5S. The number of anilines is 1. The molecule has 186 valence electrons. The molecule has 0 aromatic heterocycles. The lowest BCUT2D eigenvalue weighted by Gasteiger charge is -2.49. The van der Waals surface area contributed by atoms with Crippen LogP contribution in [0.3, 0.4) is 0 Å². The number of amides is 3. The fraction of sp³-hybridized carbons (Fsp3) is 0.333. The number of hydrogen-bond acceptors (Lipinski definition) is 6. The Balaban J connectivity index is 1.71. The summed E-state index contributed by atoms with van der Waals surface area (Å²) in [5, 5.41) is -0.678. The van der Waals surface area contributed by atoms with E-state index in [9.17, 15) is 19.2 Å². The molecule has 1 fully saturated rings. The smallest absolute Gasteiger partial charge is 0.326 e. The molecule has 3 amide bonds.